The highest BCUT2D eigenvalue weighted by molar-refractivity contribution is 8.16. The number of Topliss-reactive ketones (excluding diaryl/α,β-unsaturated/α-hetero) is 1. The number of phenols is 1. The van der Waals surface area contributed by atoms with Crippen LogP contribution in [0.2, 0.25) is 5.02 Å². The number of carbonyl (C=O) groups excluding carboxylic acids is 3. The molecule has 2 heterocycles. The normalized spacial score (nSPS) is 23.1. The predicted molar refractivity (Wildman–Crippen MR) is 109 cm³/mol. The van der Waals surface area contributed by atoms with Gasteiger partial charge in [0.15, 0.2) is 5.17 Å². The van der Waals surface area contributed by atoms with Crippen LogP contribution in [0.25, 0.3) is 5.76 Å². The summed E-state index contributed by atoms with van der Waals surface area (Å²) >= 11 is 6.51. The van der Waals surface area contributed by atoms with Gasteiger partial charge >= 0.3 is 5.91 Å². The molecular formula is C19H12ClN3O5S. The lowest BCUT2D eigenvalue weighted by atomic mass is 9.99. The van der Waals surface area contributed by atoms with Crippen LogP contribution in [-0.2, 0) is 14.4 Å². The number of aliphatic hydroxyl groups is 1. The fraction of sp³-hybridized carbons (Fsp3) is 0.0526. The molecule has 0 aliphatic carbocycles. The molecule has 0 saturated carbocycles. The number of nitrogens with zero attached hydrogens (tertiary/aromatic N) is 2. The number of rotatable bonds is 2. The number of anilines is 1. The summed E-state index contributed by atoms with van der Waals surface area (Å²) in [5, 5.41) is 21.3. The molecule has 8 nitrogen and oxygen atoms in total. The van der Waals surface area contributed by atoms with Gasteiger partial charge in [-0.25, -0.2) is 0 Å². The molecule has 1 spiro atoms. The number of nitrogens with two attached hydrogens (primary N) is 1. The molecule has 4 N–H and O–H groups in total. The van der Waals surface area contributed by atoms with Crippen LogP contribution in [0, 0.1) is 0 Å². The molecule has 4 rings (SSSR count). The van der Waals surface area contributed by atoms with Crippen molar-refractivity contribution in [2.45, 2.75) is 4.87 Å². The Hall–Kier alpha value is -3.30. The lowest BCUT2D eigenvalue weighted by molar-refractivity contribution is -0.132. The number of amidine groups is 1. The van der Waals surface area contributed by atoms with Gasteiger partial charge in [0, 0.05) is 10.6 Å². The van der Waals surface area contributed by atoms with Gasteiger partial charge in [0.05, 0.1) is 11.3 Å². The van der Waals surface area contributed by atoms with Gasteiger partial charge in [0.25, 0.3) is 11.7 Å². The molecule has 0 bridgehead atoms. The first kappa shape index (κ1) is 19.0. The number of benzene rings is 2. The minimum Gasteiger partial charge on any atom is -0.507 e. The summed E-state index contributed by atoms with van der Waals surface area (Å²) in [6, 6.07) is 11.6. The van der Waals surface area contributed by atoms with Crippen molar-refractivity contribution in [2.24, 2.45) is 10.7 Å². The van der Waals surface area contributed by atoms with Gasteiger partial charge in [0.2, 0.25) is 4.87 Å². The van der Waals surface area contributed by atoms with E-state index < -0.39 is 33.8 Å². The predicted octanol–water partition coefficient (Wildman–Crippen LogP) is 2.22. The summed E-state index contributed by atoms with van der Waals surface area (Å²) < 4.78 is 0. The number of phenolic OH excluding ortho intramolecular Hbond substituents is 1. The van der Waals surface area contributed by atoms with Crippen molar-refractivity contribution in [1.82, 2.24) is 0 Å². The Balaban J connectivity index is 2.01. The van der Waals surface area contributed by atoms with E-state index in [9.17, 15) is 24.6 Å². The molecule has 1 fully saturated rings. The van der Waals surface area contributed by atoms with Crippen molar-refractivity contribution >= 4 is 57.6 Å². The van der Waals surface area contributed by atoms with E-state index in [0.717, 1.165) is 4.90 Å². The Morgan fingerprint density at radius 3 is 2.34 bits per heavy atom. The average Bonchev–Trinajstić information content (AvgIpc) is 3.09. The van der Waals surface area contributed by atoms with E-state index in [2.05, 4.69) is 4.99 Å². The van der Waals surface area contributed by atoms with E-state index >= 15 is 0 Å². The lowest BCUT2D eigenvalue weighted by Gasteiger charge is -2.31. The maximum Gasteiger partial charge on any atom is 0.301 e. The lowest BCUT2D eigenvalue weighted by Crippen LogP contribution is -2.48. The number of ketones is 1. The monoisotopic (exact) mass is 429 g/mol. The van der Waals surface area contributed by atoms with Gasteiger partial charge in [-0.2, -0.15) is 4.99 Å². The Bertz CT molecular complexity index is 1140. The number of aliphatic imine (C=N–C) groups is 1. The summed E-state index contributed by atoms with van der Waals surface area (Å²) in [5.74, 6) is -4.04. The van der Waals surface area contributed by atoms with E-state index in [1.165, 1.54) is 48.5 Å². The molecule has 146 valence electrons. The van der Waals surface area contributed by atoms with E-state index in [1.807, 2.05) is 0 Å². The van der Waals surface area contributed by atoms with Crippen LogP contribution >= 0.6 is 23.4 Å². The Morgan fingerprint density at radius 2 is 1.76 bits per heavy atom. The third-order valence-electron chi connectivity index (χ3n) is 4.51. The van der Waals surface area contributed by atoms with Crippen LogP contribution < -0.4 is 10.6 Å². The van der Waals surface area contributed by atoms with Crippen LogP contribution in [0.5, 0.6) is 5.75 Å². The number of carbonyl (C=O) groups is 3. The number of halogens is 1. The maximum atomic E-state index is 12.9. The second-order valence-corrected chi connectivity index (χ2v) is 7.84. The van der Waals surface area contributed by atoms with Gasteiger partial charge in [-0.1, -0.05) is 23.7 Å². The molecule has 1 atom stereocenters. The smallest absolute Gasteiger partial charge is 0.301 e. The number of aliphatic hydroxyl groups excluding tert-OH is 1. The molecular weight excluding hydrogens is 418 g/mol. The molecule has 2 aliphatic rings. The minimum atomic E-state index is -2.07. The largest absolute Gasteiger partial charge is 0.507 e. The second-order valence-electron chi connectivity index (χ2n) is 6.19. The third-order valence-corrected chi connectivity index (χ3v) is 5.92. The zero-order valence-electron chi connectivity index (χ0n) is 14.5. The standard InChI is InChI=1S/C19H12ClN3O5S/c20-10-7-5-9(6-8-10)14(25)13-15(26)16(27)23(11-3-1-2-4-12(11)24)19(13)17(28)22-18(21)29-19/h1-8,24-25H,(H2,21,22,28)/b14-13-. The van der Waals surface area contributed by atoms with Crippen molar-refractivity contribution in [3.8, 4) is 5.75 Å². The number of amides is 2. The highest BCUT2D eigenvalue weighted by atomic mass is 35.5. The number of hydrogen-bond acceptors (Lipinski definition) is 7. The molecule has 1 saturated heterocycles. The summed E-state index contributed by atoms with van der Waals surface area (Å²) in [6.07, 6.45) is 0. The second kappa shape index (κ2) is 6.64. The van der Waals surface area contributed by atoms with Crippen molar-refractivity contribution in [2.75, 3.05) is 4.90 Å². The zero-order chi connectivity index (χ0) is 20.9. The highest BCUT2D eigenvalue weighted by Crippen LogP contribution is 2.52. The van der Waals surface area contributed by atoms with Gasteiger partial charge in [-0.05, 0) is 48.2 Å². The molecule has 10 heteroatoms. The van der Waals surface area contributed by atoms with E-state index in [1.54, 1.807) is 0 Å². The molecule has 2 aromatic carbocycles. The van der Waals surface area contributed by atoms with Crippen LogP contribution in [0.1, 0.15) is 5.56 Å². The quantitative estimate of drug-likeness (QED) is 0.378. The van der Waals surface area contributed by atoms with Crippen LogP contribution in [0.3, 0.4) is 0 Å². The van der Waals surface area contributed by atoms with Crippen molar-refractivity contribution in [3.63, 3.8) is 0 Å². The van der Waals surface area contributed by atoms with E-state index in [0.29, 0.717) is 16.8 Å². The number of para-hydroxylation sites is 2. The van der Waals surface area contributed by atoms with Gasteiger partial charge in [-0.3, -0.25) is 19.3 Å². The van der Waals surface area contributed by atoms with Gasteiger partial charge in [-0.15, -0.1) is 0 Å². The van der Waals surface area contributed by atoms with Crippen molar-refractivity contribution < 1.29 is 24.6 Å². The minimum absolute atomic E-state index is 0.0875. The van der Waals surface area contributed by atoms with Gasteiger partial charge in [0.1, 0.15) is 11.5 Å². The molecule has 2 aromatic rings. The summed E-state index contributed by atoms with van der Waals surface area (Å²) in [5.41, 5.74) is 5.33. The molecule has 2 amide bonds. The maximum absolute atomic E-state index is 12.9. The van der Waals surface area contributed by atoms with Crippen LogP contribution in [0.4, 0.5) is 5.69 Å². The Labute approximate surface area is 173 Å². The van der Waals surface area contributed by atoms with Crippen molar-refractivity contribution in [3.05, 3.63) is 64.7 Å². The zero-order valence-corrected chi connectivity index (χ0v) is 16.1. The molecule has 0 aromatic heterocycles. The molecule has 0 radical (unpaired) electrons. The topological polar surface area (TPSA) is 133 Å². The van der Waals surface area contributed by atoms with E-state index in [4.69, 9.17) is 17.3 Å². The summed E-state index contributed by atoms with van der Waals surface area (Å²) in [7, 11) is 0. The summed E-state index contributed by atoms with van der Waals surface area (Å²) in [4.78, 5) is 41.2. The molecule has 29 heavy (non-hydrogen) atoms. The van der Waals surface area contributed by atoms with Crippen LogP contribution in [-0.4, -0.2) is 37.8 Å². The number of thioether (sulfide) groups is 1. The molecule has 2 aliphatic heterocycles. The number of hydrogen-bond donors (Lipinski definition) is 3. The van der Waals surface area contributed by atoms with E-state index in [-0.39, 0.29) is 22.2 Å². The molecule has 1 unspecified atom stereocenters. The summed E-state index contributed by atoms with van der Waals surface area (Å²) in [6.45, 7) is 0. The number of aromatic hydroxyl groups is 1. The van der Waals surface area contributed by atoms with Crippen LogP contribution in [0.15, 0.2) is 59.1 Å². The first-order valence-corrected chi connectivity index (χ1v) is 9.41. The Kier molecular flexibility index (Phi) is 4.36. The fourth-order valence-electron chi connectivity index (χ4n) is 3.26. The van der Waals surface area contributed by atoms with Crippen molar-refractivity contribution in [1.29, 1.82) is 0 Å². The van der Waals surface area contributed by atoms with Gasteiger partial charge < -0.3 is 15.9 Å². The highest BCUT2D eigenvalue weighted by Gasteiger charge is 2.65. The average molecular weight is 430 g/mol. The first-order chi connectivity index (χ1) is 13.8. The SMILES string of the molecule is NC1=NC(=O)C2(S1)/C(=C(\O)c1ccc(Cl)cc1)C(=O)C(=O)N2c1ccccc1O. The Morgan fingerprint density at radius 1 is 1.10 bits per heavy atom. The first-order valence-electron chi connectivity index (χ1n) is 8.21. The fourth-order valence-corrected chi connectivity index (χ4v) is 4.52. The third kappa shape index (κ3) is 2.70.